The van der Waals surface area contributed by atoms with Crippen LogP contribution in [0.4, 0.5) is 0 Å². The Hall–Kier alpha value is -2.34. The molecule has 2 amide bonds. The summed E-state index contributed by atoms with van der Waals surface area (Å²) in [5.41, 5.74) is 0.548. The van der Waals surface area contributed by atoms with Crippen LogP contribution in [0.15, 0.2) is 29.4 Å². The van der Waals surface area contributed by atoms with Crippen molar-refractivity contribution in [1.29, 1.82) is 0 Å². The van der Waals surface area contributed by atoms with Crippen LogP contribution in [-0.2, 0) is 9.59 Å². The normalized spacial score (nSPS) is 28.7. The number of hydrogen-bond donors (Lipinski definition) is 0. The van der Waals surface area contributed by atoms with Crippen molar-refractivity contribution in [3.63, 3.8) is 0 Å². The molecule has 0 spiro atoms. The maximum absolute atomic E-state index is 12.7. The Morgan fingerprint density at radius 3 is 2.37 bits per heavy atom. The molecule has 1 saturated heterocycles. The zero-order valence-electron chi connectivity index (χ0n) is 15.4. The quantitative estimate of drug-likeness (QED) is 0.441. The number of halogens is 1. The van der Waals surface area contributed by atoms with Crippen molar-refractivity contribution in [3.8, 4) is 11.5 Å². The van der Waals surface area contributed by atoms with Gasteiger partial charge in [-0.1, -0.05) is 23.8 Å². The van der Waals surface area contributed by atoms with Crippen molar-refractivity contribution in [2.45, 2.75) is 26.4 Å². The van der Waals surface area contributed by atoms with E-state index in [1.807, 2.05) is 13.8 Å². The third-order valence-corrected chi connectivity index (χ3v) is 5.60. The van der Waals surface area contributed by atoms with Gasteiger partial charge < -0.3 is 9.47 Å². The first-order valence-electron chi connectivity index (χ1n) is 9.05. The van der Waals surface area contributed by atoms with Crippen molar-refractivity contribution in [2.75, 3.05) is 7.11 Å². The van der Waals surface area contributed by atoms with Gasteiger partial charge in [0.05, 0.1) is 31.3 Å². The lowest BCUT2D eigenvalue weighted by atomic mass is 9.85. The van der Waals surface area contributed by atoms with Crippen molar-refractivity contribution < 1.29 is 19.1 Å². The van der Waals surface area contributed by atoms with Crippen LogP contribution in [0.25, 0.3) is 0 Å². The van der Waals surface area contributed by atoms with Crippen LogP contribution in [0.3, 0.4) is 0 Å². The van der Waals surface area contributed by atoms with Gasteiger partial charge in [-0.2, -0.15) is 10.1 Å². The molecule has 2 bridgehead atoms. The Morgan fingerprint density at radius 1 is 1.19 bits per heavy atom. The summed E-state index contributed by atoms with van der Waals surface area (Å²) >= 11 is 6.16. The molecule has 1 aromatic carbocycles. The lowest BCUT2D eigenvalue weighted by molar-refractivity contribution is -0.140. The SMILES string of the molecule is COc1cc(Cl)cc(C=NN2C(=O)C3C4C=CC(C4)C3C2=O)c1OC(C)C. The molecule has 7 heteroatoms. The number of allylic oxidation sites excluding steroid dienone is 2. The smallest absolute Gasteiger partial charge is 0.254 e. The first-order chi connectivity index (χ1) is 12.9. The van der Waals surface area contributed by atoms with E-state index in [4.69, 9.17) is 21.1 Å². The molecule has 1 saturated carbocycles. The molecule has 1 aromatic rings. The highest BCUT2D eigenvalue weighted by Gasteiger charge is 2.59. The molecule has 142 valence electrons. The van der Waals surface area contributed by atoms with Crippen LogP contribution < -0.4 is 9.47 Å². The summed E-state index contributed by atoms with van der Waals surface area (Å²) in [6.45, 7) is 3.79. The van der Waals surface area contributed by atoms with E-state index in [1.54, 1.807) is 12.1 Å². The zero-order valence-corrected chi connectivity index (χ0v) is 16.1. The van der Waals surface area contributed by atoms with Crippen LogP contribution in [0.5, 0.6) is 11.5 Å². The number of carbonyl (C=O) groups excluding carboxylic acids is 2. The monoisotopic (exact) mass is 388 g/mol. The summed E-state index contributed by atoms with van der Waals surface area (Å²) in [4.78, 5) is 25.5. The number of methoxy groups -OCH3 is 1. The van der Waals surface area contributed by atoms with Gasteiger partial charge in [0.1, 0.15) is 0 Å². The number of carbonyl (C=O) groups is 2. The van der Waals surface area contributed by atoms with Crippen molar-refractivity contribution in [2.24, 2.45) is 28.8 Å². The van der Waals surface area contributed by atoms with Gasteiger partial charge in [-0.3, -0.25) is 9.59 Å². The van der Waals surface area contributed by atoms with Gasteiger partial charge >= 0.3 is 0 Å². The molecular formula is C20H21ClN2O4. The Morgan fingerprint density at radius 2 is 1.81 bits per heavy atom. The van der Waals surface area contributed by atoms with Gasteiger partial charge in [0.2, 0.25) is 0 Å². The molecule has 2 aliphatic carbocycles. The lowest BCUT2D eigenvalue weighted by Gasteiger charge is -2.17. The third kappa shape index (κ3) is 2.92. The molecule has 27 heavy (non-hydrogen) atoms. The molecule has 2 fully saturated rings. The van der Waals surface area contributed by atoms with Crippen molar-refractivity contribution >= 4 is 29.6 Å². The summed E-state index contributed by atoms with van der Waals surface area (Å²) in [6.07, 6.45) is 6.35. The fourth-order valence-corrected chi connectivity index (χ4v) is 4.54. The predicted octanol–water partition coefficient (Wildman–Crippen LogP) is 3.28. The molecular weight excluding hydrogens is 368 g/mol. The van der Waals surface area contributed by atoms with E-state index in [1.165, 1.54) is 13.3 Å². The Labute approximate surface area is 162 Å². The number of hydrazone groups is 1. The Balaban J connectivity index is 1.65. The molecule has 4 rings (SSSR count). The summed E-state index contributed by atoms with van der Waals surface area (Å²) in [5, 5.41) is 5.66. The minimum absolute atomic E-state index is 0.0941. The molecule has 6 nitrogen and oxygen atoms in total. The van der Waals surface area contributed by atoms with Crippen LogP contribution in [0.2, 0.25) is 5.02 Å². The number of imide groups is 1. The van der Waals surface area contributed by atoms with Crippen LogP contribution in [-0.4, -0.2) is 36.3 Å². The van der Waals surface area contributed by atoms with Crippen LogP contribution in [0.1, 0.15) is 25.8 Å². The van der Waals surface area contributed by atoms with Crippen LogP contribution >= 0.6 is 11.6 Å². The second-order valence-corrected chi connectivity index (χ2v) is 7.86. The topological polar surface area (TPSA) is 68.2 Å². The number of benzene rings is 1. The molecule has 1 aliphatic heterocycles. The van der Waals surface area contributed by atoms with Gasteiger partial charge in [0.25, 0.3) is 11.8 Å². The molecule has 1 heterocycles. The van der Waals surface area contributed by atoms with Gasteiger partial charge in [0.15, 0.2) is 11.5 Å². The largest absolute Gasteiger partial charge is 0.493 e. The highest BCUT2D eigenvalue weighted by molar-refractivity contribution is 6.31. The van der Waals surface area contributed by atoms with E-state index in [0.29, 0.717) is 22.1 Å². The van der Waals surface area contributed by atoms with E-state index in [2.05, 4.69) is 17.3 Å². The molecule has 4 unspecified atom stereocenters. The minimum Gasteiger partial charge on any atom is -0.493 e. The molecule has 0 N–H and O–H groups in total. The number of ether oxygens (including phenoxy) is 2. The number of rotatable bonds is 5. The fourth-order valence-electron chi connectivity index (χ4n) is 4.32. The van der Waals surface area contributed by atoms with Crippen molar-refractivity contribution in [1.82, 2.24) is 5.01 Å². The average Bonchev–Trinajstić information content (AvgIpc) is 3.29. The van der Waals surface area contributed by atoms with Gasteiger partial charge in [0, 0.05) is 16.7 Å². The molecule has 4 atom stereocenters. The second-order valence-electron chi connectivity index (χ2n) is 7.43. The first kappa shape index (κ1) is 18.0. The number of hydrogen-bond acceptors (Lipinski definition) is 5. The zero-order chi connectivity index (χ0) is 19.3. The summed E-state index contributed by atoms with van der Waals surface area (Å²) < 4.78 is 11.2. The number of fused-ring (bicyclic) bond motifs is 5. The van der Waals surface area contributed by atoms with Gasteiger partial charge in [-0.15, -0.1) is 0 Å². The average molecular weight is 389 g/mol. The van der Waals surface area contributed by atoms with Gasteiger partial charge in [-0.25, -0.2) is 0 Å². The molecule has 0 aromatic heterocycles. The van der Waals surface area contributed by atoms with E-state index >= 15 is 0 Å². The number of amides is 2. The molecule has 3 aliphatic rings. The highest BCUT2D eigenvalue weighted by Crippen LogP contribution is 2.52. The summed E-state index contributed by atoms with van der Waals surface area (Å²) in [7, 11) is 1.53. The highest BCUT2D eigenvalue weighted by atomic mass is 35.5. The van der Waals surface area contributed by atoms with E-state index in [9.17, 15) is 9.59 Å². The molecule has 0 radical (unpaired) electrons. The van der Waals surface area contributed by atoms with E-state index in [0.717, 1.165) is 11.4 Å². The van der Waals surface area contributed by atoms with Gasteiger partial charge in [-0.05, 0) is 38.2 Å². The predicted molar refractivity (Wildman–Crippen MR) is 101 cm³/mol. The first-order valence-corrected chi connectivity index (χ1v) is 9.42. The maximum Gasteiger partial charge on any atom is 0.254 e. The second kappa shape index (κ2) is 6.68. The third-order valence-electron chi connectivity index (χ3n) is 5.38. The number of nitrogens with zero attached hydrogens (tertiary/aromatic N) is 2. The standard InChI is InChI=1S/C20H21ClN2O4/c1-10(2)27-18-13(7-14(21)8-15(18)26-3)9-22-23-19(24)16-11-4-5-12(6-11)17(16)20(23)25/h4-5,7-12,16-17H,6H2,1-3H3. The summed E-state index contributed by atoms with van der Waals surface area (Å²) in [5.74, 6) is 0.259. The van der Waals surface area contributed by atoms with Crippen LogP contribution in [0, 0.1) is 23.7 Å². The fraction of sp³-hybridized carbons (Fsp3) is 0.450. The lowest BCUT2D eigenvalue weighted by Crippen LogP contribution is -2.28. The minimum atomic E-state index is -0.273. The Kier molecular flexibility index (Phi) is 4.46. The van der Waals surface area contributed by atoms with E-state index < -0.39 is 0 Å². The maximum atomic E-state index is 12.7. The van der Waals surface area contributed by atoms with Crippen molar-refractivity contribution in [3.05, 3.63) is 34.9 Å². The Bertz CT molecular complexity index is 834. The van der Waals surface area contributed by atoms with E-state index in [-0.39, 0.29) is 41.6 Å². The summed E-state index contributed by atoms with van der Waals surface area (Å²) in [6, 6.07) is 3.32.